The summed E-state index contributed by atoms with van der Waals surface area (Å²) in [7, 11) is 1.77. The van der Waals surface area contributed by atoms with Crippen molar-refractivity contribution in [2.45, 2.75) is 39.2 Å². The van der Waals surface area contributed by atoms with Crippen molar-refractivity contribution in [3.63, 3.8) is 0 Å². The van der Waals surface area contributed by atoms with Crippen molar-refractivity contribution in [2.75, 3.05) is 18.5 Å². The maximum absolute atomic E-state index is 12.7. The summed E-state index contributed by atoms with van der Waals surface area (Å²) in [5, 5.41) is 4.39. The third-order valence-corrected chi connectivity index (χ3v) is 3.97. The number of amides is 1. The molecule has 5 nitrogen and oxygen atoms in total. The molecule has 1 aliphatic rings. The van der Waals surface area contributed by atoms with Crippen LogP contribution in [0.3, 0.4) is 0 Å². The van der Waals surface area contributed by atoms with Crippen molar-refractivity contribution >= 4 is 11.6 Å². The molecular weight excluding hydrogens is 254 g/mol. The molecule has 0 saturated carbocycles. The number of nitroso groups, excluding NO2 is 1. The fraction of sp³-hybridized carbons (Fsp3) is 0.533. The van der Waals surface area contributed by atoms with Gasteiger partial charge in [-0.25, -0.2) is 5.01 Å². The molecule has 0 N–H and O–H groups in total. The molecule has 1 aromatic carbocycles. The minimum Gasteiger partial charge on any atom is -0.313 e. The monoisotopic (exact) mass is 275 g/mol. The fourth-order valence-corrected chi connectivity index (χ4v) is 2.93. The van der Waals surface area contributed by atoms with E-state index in [1.165, 1.54) is 5.01 Å². The second-order valence-corrected chi connectivity index (χ2v) is 5.39. The summed E-state index contributed by atoms with van der Waals surface area (Å²) in [6.45, 7) is 4.55. The summed E-state index contributed by atoms with van der Waals surface area (Å²) in [6.07, 6.45) is 2.57. The fourth-order valence-electron chi connectivity index (χ4n) is 2.93. The SMILES string of the molecule is Cc1cccc(C)c1N(C)C(=O)C1CCCCN1N=O. The zero-order valence-electron chi connectivity index (χ0n) is 12.3. The van der Waals surface area contributed by atoms with E-state index < -0.39 is 6.04 Å². The van der Waals surface area contributed by atoms with Crippen LogP contribution in [0.25, 0.3) is 0 Å². The summed E-state index contributed by atoms with van der Waals surface area (Å²) in [4.78, 5) is 25.2. The number of nitrogens with zero attached hydrogens (tertiary/aromatic N) is 3. The smallest absolute Gasteiger partial charge is 0.251 e. The van der Waals surface area contributed by atoms with E-state index in [0.717, 1.165) is 29.7 Å². The zero-order chi connectivity index (χ0) is 14.7. The first-order valence-corrected chi connectivity index (χ1v) is 7.00. The molecule has 0 spiro atoms. The van der Waals surface area contributed by atoms with E-state index in [2.05, 4.69) is 5.29 Å². The second kappa shape index (κ2) is 6.03. The Morgan fingerprint density at radius 1 is 1.30 bits per heavy atom. The van der Waals surface area contributed by atoms with Gasteiger partial charge in [0, 0.05) is 19.3 Å². The van der Waals surface area contributed by atoms with Crippen molar-refractivity contribution < 1.29 is 4.79 Å². The Hall–Kier alpha value is -1.91. The van der Waals surface area contributed by atoms with Gasteiger partial charge >= 0.3 is 0 Å². The van der Waals surface area contributed by atoms with E-state index in [4.69, 9.17) is 0 Å². The lowest BCUT2D eigenvalue weighted by molar-refractivity contribution is -0.124. The minimum absolute atomic E-state index is 0.0540. The topological polar surface area (TPSA) is 53.0 Å². The van der Waals surface area contributed by atoms with Crippen LogP contribution in [0.15, 0.2) is 23.5 Å². The standard InChI is InChI=1S/C15H21N3O2/c1-11-7-6-8-12(2)14(11)17(3)15(19)13-9-4-5-10-18(13)16-20/h6-8,13H,4-5,9-10H2,1-3H3. The predicted molar refractivity (Wildman–Crippen MR) is 79.5 cm³/mol. The Balaban J connectivity index is 2.26. The van der Waals surface area contributed by atoms with Gasteiger partial charge in [0.25, 0.3) is 5.91 Å². The average molecular weight is 275 g/mol. The van der Waals surface area contributed by atoms with E-state index in [1.54, 1.807) is 11.9 Å². The van der Waals surface area contributed by atoms with E-state index in [9.17, 15) is 9.70 Å². The van der Waals surface area contributed by atoms with Crippen molar-refractivity contribution in [3.05, 3.63) is 34.2 Å². The Bertz CT molecular complexity index is 496. The zero-order valence-corrected chi connectivity index (χ0v) is 12.3. The van der Waals surface area contributed by atoms with Crippen LogP contribution in [0.2, 0.25) is 0 Å². The summed E-state index contributed by atoms with van der Waals surface area (Å²) in [6, 6.07) is 5.53. The van der Waals surface area contributed by atoms with E-state index >= 15 is 0 Å². The molecule has 1 unspecified atom stereocenters. The van der Waals surface area contributed by atoms with Crippen molar-refractivity contribution in [3.8, 4) is 0 Å². The molecule has 1 atom stereocenters. The highest BCUT2D eigenvalue weighted by Crippen LogP contribution is 2.26. The second-order valence-electron chi connectivity index (χ2n) is 5.39. The van der Waals surface area contributed by atoms with Gasteiger partial charge in [0.15, 0.2) is 0 Å². The molecule has 20 heavy (non-hydrogen) atoms. The van der Waals surface area contributed by atoms with E-state index in [0.29, 0.717) is 13.0 Å². The van der Waals surface area contributed by atoms with Crippen LogP contribution in [0.5, 0.6) is 0 Å². The van der Waals surface area contributed by atoms with Crippen LogP contribution in [0.4, 0.5) is 5.69 Å². The van der Waals surface area contributed by atoms with Crippen LogP contribution >= 0.6 is 0 Å². The number of aryl methyl sites for hydroxylation is 2. The van der Waals surface area contributed by atoms with Gasteiger partial charge in [-0.1, -0.05) is 18.2 Å². The first-order valence-electron chi connectivity index (χ1n) is 7.00. The molecule has 1 aromatic rings. The number of likely N-dealkylation sites (N-methyl/N-ethyl adjacent to an activating group) is 1. The third-order valence-electron chi connectivity index (χ3n) is 3.97. The number of anilines is 1. The predicted octanol–water partition coefficient (Wildman–Crippen LogP) is 2.80. The summed E-state index contributed by atoms with van der Waals surface area (Å²) < 4.78 is 0. The highest BCUT2D eigenvalue weighted by molar-refractivity contribution is 5.98. The number of para-hydroxylation sites is 1. The number of carbonyl (C=O) groups is 1. The van der Waals surface area contributed by atoms with Crippen LogP contribution < -0.4 is 4.90 Å². The van der Waals surface area contributed by atoms with Gasteiger partial charge in [-0.05, 0) is 44.2 Å². The Labute approximate surface area is 119 Å². The van der Waals surface area contributed by atoms with Gasteiger partial charge in [-0.15, -0.1) is 4.91 Å². The highest BCUT2D eigenvalue weighted by Gasteiger charge is 2.32. The molecule has 5 heteroatoms. The van der Waals surface area contributed by atoms with Gasteiger partial charge in [0.05, 0.1) is 5.29 Å². The summed E-state index contributed by atoms with van der Waals surface area (Å²) >= 11 is 0. The van der Waals surface area contributed by atoms with Gasteiger partial charge < -0.3 is 4.90 Å². The van der Waals surface area contributed by atoms with Crippen LogP contribution in [-0.2, 0) is 4.79 Å². The number of hydrogen-bond donors (Lipinski definition) is 0. The molecule has 0 bridgehead atoms. The average Bonchev–Trinajstić information content (AvgIpc) is 2.46. The molecule has 1 amide bonds. The molecule has 0 aliphatic carbocycles. The summed E-state index contributed by atoms with van der Waals surface area (Å²) in [5.41, 5.74) is 3.04. The quantitative estimate of drug-likeness (QED) is 0.797. The number of rotatable bonds is 3. The van der Waals surface area contributed by atoms with Gasteiger partial charge in [-0.2, -0.15) is 0 Å². The molecule has 1 heterocycles. The molecule has 1 aliphatic heterocycles. The van der Waals surface area contributed by atoms with Crippen molar-refractivity contribution in [1.82, 2.24) is 5.01 Å². The summed E-state index contributed by atoms with van der Waals surface area (Å²) in [5.74, 6) is -0.0540. The molecule has 0 aromatic heterocycles. The maximum Gasteiger partial charge on any atom is 0.251 e. The molecule has 108 valence electrons. The van der Waals surface area contributed by atoms with Crippen molar-refractivity contribution in [1.29, 1.82) is 0 Å². The number of hydrogen-bond acceptors (Lipinski definition) is 3. The number of carbonyl (C=O) groups excluding carboxylic acids is 1. The van der Waals surface area contributed by atoms with Gasteiger partial charge in [0.2, 0.25) is 0 Å². The first-order chi connectivity index (χ1) is 9.56. The normalized spacial score (nSPS) is 18.8. The number of piperidine rings is 1. The van der Waals surface area contributed by atoms with Gasteiger partial charge in [-0.3, -0.25) is 4.79 Å². The van der Waals surface area contributed by atoms with Crippen LogP contribution in [0, 0.1) is 18.8 Å². The Kier molecular flexibility index (Phi) is 4.37. The van der Waals surface area contributed by atoms with Crippen molar-refractivity contribution in [2.24, 2.45) is 5.29 Å². The third kappa shape index (κ3) is 2.66. The minimum atomic E-state index is -0.426. The Morgan fingerprint density at radius 2 is 1.95 bits per heavy atom. The number of benzene rings is 1. The largest absolute Gasteiger partial charge is 0.313 e. The lowest BCUT2D eigenvalue weighted by atomic mass is 10.0. The van der Waals surface area contributed by atoms with E-state index in [-0.39, 0.29) is 5.91 Å². The lowest BCUT2D eigenvalue weighted by Gasteiger charge is -2.33. The molecular formula is C15H21N3O2. The van der Waals surface area contributed by atoms with Crippen LogP contribution in [0.1, 0.15) is 30.4 Å². The Morgan fingerprint density at radius 3 is 2.55 bits per heavy atom. The van der Waals surface area contributed by atoms with Crippen LogP contribution in [-0.4, -0.2) is 30.6 Å². The lowest BCUT2D eigenvalue weighted by Crippen LogP contribution is -2.48. The van der Waals surface area contributed by atoms with E-state index in [1.807, 2.05) is 32.0 Å². The highest BCUT2D eigenvalue weighted by atomic mass is 16.3. The molecule has 1 saturated heterocycles. The maximum atomic E-state index is 12.7. The first kappa shape index (κ1) is 14.5. The molecule has 1 fully saturated rings. The molecule has 2 rings (SSSR count). The van der Waals surface area contributed by atoms with Gasteiger partial charge in [0.1, 0.15) is 6.04 Å². The molecule has 0 radical (unpaired) electrons.